The molecule has 0 bridgehead atoms. The Hall–Kier alpha value is -2.14. The summed E-state index contributed by atoms with van der Waals surface area (Å²) < 4.78 is 11.1. The number of methoxy groups -OCH3 is 1. The number of carbonyl (C=O) groups is 1. The van der Waals surface area contributed by atoms with Crippen molar-refractivity contribution in [2.45, 2.75) is 24.5 Å². The second-order valence-electron chi connectivity index (χ2n) is 6.87. The minimum atomic E-state index is -0.0184. The molecule has 0 heterocycles. The van der Waals surface area contributed by atoms with Gasteiger partial charge in [-0.15, -0.1) is 11.8 Å². The Morgan fingerprint density at radius 3 is 2.37 bits per heavy atom. The number of hydrogen-bond donors (Lipinski definition) is 0. The van der Waals surface area contributed by atoms with Crippen molar-refractivity contribution in [3.63, 3.8) is 0 Å². The minimum Gasteiger partial charge on any atom is -0.495 e. The van der Waals surface area contributed by atoms with Crippen LogP contribution in [0.4, 0.5) is 0 Å². The third-order valence-electron chi connectivity index (χ3n) is 4.48. The maximum absolute atomic E-state index is 11.2. The average Bonchev–Trinajstić information content (AvgIpc) is 2.72. The molecule has 0 saturated carbocycles. The number of Topliss-reactive ketones (excluding diaryl/α,β-unsaturated/α-hetero) is 1. The molecule has 3 nitrogen and oxygen atoms in total. The summed E-state index contributed by atoms with van der Waals surface area (Å²) >= 11 is 14.0. The van der Waals surface area contributed by atoms with E-state index in [0.29, 0.717) is 15.8 Å². The van der Waals surface area contributed by atoms with E-state index in [4.69, 9.17) is 32.7 Å². The lowest BCUT2D eigenvalue weighted by atomic mass is 10.0. The zero-order valence-corrected chi connectivity index (χ0v) is 19.3. The summed E-state index contributed by atoms with van der Waals surface area (Å²) in [6, 6.07) is 17.7. The van der Waals surface area contributed by atoms with Crippen LogP contribution in [-0.4, -0.2) is 19.5 Å². The Kier molecular flexibility index (Phi) is 7.70. The highest BCUT2D eigenvalue weighted by Gasteiger charge is 2.11. The van der Waals surface area contributed by atoms with Gasteiger partial charge in [-0.3, -0.25) is 4.79 Å². The standard InChI is InChI=1S/C24H22Cl2O3S/c1-15-10-24(23(28-3)12-22(15)29-13-16(2)27)30-14-17-4-6-18(7-5-17)20-9-8-19(25)11-21(20)26/h4-12H,13-14H2,1-3H3. The molecule has 30 heavy (non-hydrogen) atoms. The molecule has 0 aliphatic rings. The highest BCUT2D eigenvalue weighted by atomic mass is 35.5. The van der Waals surface area contributed by atoms with Gasteiger partial charge in [-0.2, -0.15) is 0 Å². The predicted octanol–water partition coefficient (Wildman–Crippen LogP) is 7.24. The van der Waals surface area contributed by atoms with E-state index in [1.807, 2.05) is 31.2 Å². The van der Waals surface area contributed by atoms with Crippen molar-refractivity contribution < 1.29 is 14.3 Å². The summed E-state index contributed by atoms with van der Waals surface area (Å²) in [5, 5.41) is 1.26. The van der Waals surface area contributed by atoms with Gasteiger partial charge in [0.05, 0.1) is 12.0 Å². The largest absolute Gasteiger partial charge is 0.495 e. The van der Waals surface area contributed by atoms with Crippen molar-refractivity contribution in [3.05, 3.63) is 75.8 Å². The molecule has 0 fully saturated rings. The molecule has 3 rings (SSSR count). The van der Waals surface area contributed by atoms with Crippen LogP contribution in [0.15, 0.2) is 59.5 Å². The normalized spacial score (nSPS) is 10.7. The van der Waals surface area contributed by atoms with Crippen LogP contribution in [0, 0.1) is 6.92 Å². The molecule has 0 aromatic heterocycles. The third-order valence-corrected chi connectivity index (χ3v) is 6.14. The quantitative estimate of drug-likeness (QED) is 0.331. The molecule has 0 saturated heterocycles. The lowest BCUT2D eigenvalue weighted by Gasteiger charge is -2.14. The number of thioether (sulfide) groups is 1. The van der Waals surface area contributed by atoms with Gasteiger partial charge in [0.15, 0.2) is 5.78 Å². The fraction of sp³-hybridized carbons (Fsp3) is 0.208. The van der Waals surface area contributed by atoms with Gasteiger partial charge in [0.2, 0.25) is 0 Å². The summed E-state index contributed by atoms with van der Waals surface area (Å²) in [6.45, 7) is 3.52. The Bertz CT molecular complexity index is 1050. The Balaban J connectivity index is 1.72. The summed E-state index contributed by atoms with van der Waals surface area (Å²) in [7, 11) is 1.63. The molecular weight excluding hydrogens is 439 g/mol. The molecule has 0 unspecified atom stereocenters. The Morgan fingerprint density at radius 1 is 1.00 bits per heavy atom. The van der Waals surface area contributed by atoms with E-state index in [-0.39, 0.29) is 12.4 Å². The summed E-state index contributed by atoms with van der Waals surface area (Å²) in [4.78, 5) is 12.2. The fourth-order valence-corrected chi connectivity index (χ4v) is 4.49. The fourth-order valence-electron chi connectivity index (χ4n) is 2.92. The first kappa shape index (κ1) is 22.5. The first-order chi connectivity index (χ1) is 14.4. The van der Waals surface area contributed by atoms with E-state index in [9.17, 15) is 4.79 Å². The molecule has 156 valence electrons. The third kappa shape index (κ3) is 5.72. The van der Waals surface area contributed by atoms with Crippen LogP contribution in [0.5, 0.6) is 11.5 Å². The SMILES string of the molecule is COc1cc(OCC(C)=O)c(C)cc1SCc1ccc(-c2ccc(Cl)cc2Cl)cc1. The number of aryl methyl sites for hydroxylation is 1. The molecule has 3 aromatic carbocycles. The molecule has 0 atom stereocenters. The van der Waals surface area contributed by atoms with Crippen LogP contribution in [0.3, 0.4) is 0 Å². The van der Waals surface area contributed by atoms with Crippen molar-refractivity contribution in [1.82, 2.24) is 0 Å². The van der Waals surface area contributed by atoms with Crippen molar-refractivity contribution in [1.29, 1.82) is 0 Å². The van der Waals surface area contributed by atoms with Crippen LogP contribution in [0.2, 0.25) is 10.0 Å². The average molecular weight is 461 g/mol. The zero-order valence-electron chi connectivity index (χ0n) is 17.0. The maximum atomic E-state index is 11.2. The van der Waals surface area contributed by atoms with Crippen LogP contribution in [0.1, 0.15) is 18.1 Å². The van der Waals surface area contributed by atoms with Crippen LogP contribution in [-0.2, 0) is 10.5 Å². The zero-order chi connectivity index (χ0) is 21.7. The number of rotatable bonds is 8. The van der Waals surface area contributed by atoms with Crippen LogP contribution >= 0.6 is 35.0 Å². The molecule has 0 aliphatic heterocycles. The Labute approximate surface area is 191 Å². The van der Waals surface area contributed by atoms with Gasteiger partial charge in [-0.05, 0) is 48.7 Å². The number of hydrogen-bond acceptors (Lipinski definition) is 4. The highest BCUT2D eigenvalue weighted by molar-refractivity contribution is 7.98. The predicted molar refractivity (Wildman–Crippen MR) is 125 cm³/mol. The monoisotopic (exact) mass is 460 g/mol. The van der Waals surface area contributed by atoms with Crippen molar-refractivity contribution in [3.8, 4) is 22.6 Å². The molecule has 6 heteroatoms. The van der Waals surface area contributed by atoms with Gasteiger partial charge in [0.1, 0.15) is 18.1 Å². The van der Waals surface area contributed by atoms with Gasteiger partial charge >= 0.3 is 0 Å². The first-order valence-corrected chi connectivity index (χ1v) is 11.1. The number of ether oxygens (including phenoxy) is 2. The molecule has 0 aliphatic carbocycles. The number of carbonyl (C=O) groups excluding carboxylic acids is 1. The van der Waals surface area contributed by atoms with Gasteiger partial charge in [0.25, 0.3) is 0 Å². The second kappa shape index (κ2) is 10.3. The van der Waals surface area contributed by atoms with E-state index in [1.165, 1.54) is 12.5 Å². The first-order valence-electron chi connectivity index (χ1n) is 9.35. The lowest BCUT2D eigenvalue weighted by Crippen LogP contribution is -2.07. The Morgan fingerprint density at radius 2 is 1.73 bits per heavy atom. The molecule has 0 amide bonds. The van der Waals surface area contributed by atoms with Gasteiger partial charge in [0, 0.05) is 27.4 Å². The van der Waals surface area contributed by atoms with Crippen LogP contribution < -0.4 is 9.47 Å². The maximum Gasteiger partial charge on any atom is 0.167 e. The van der Waals surface area contributed by atoms with E-state index >= 15 is 0 Å². The van der Waals surface area contributed by atoms with Crippen molar-refractivity contribution >= 4 is 40.7 Å². The summed E-state index contributed by atoms with van der Waals surface area (Å²) in [5.41, 5.74) is 4.15. The topological polar surface area (TPSA) is 35.5 Å². The second-order valence-corrected chi connectivity index (χ2v) is 8.73. The summed E-state index contributed by atoms with van der Waals surface area (Å²) in [5.74, 6) is 2.16. The van der Waals surface area contributed by atoms with Gasteiger partial charge in [-0.25, -0.2) is 0 Å². The molecule has 0 radical (unpaired) electrons. The van der Waals surface area contributed by atoms with E-state index in [2.05, 4.69) is 24.3 Å². The smallest absolute Gasteiger partial charge is 0.167 e. The van der Waals surface area contributed by atoms with Crippen molar-refractivity contribution in [2.24, 2.45) is 0 Å². The molecule has 3 aromatic rings. The van der Waals surface area contributed by atoms with Crippen LogP contribution in [0.25, 0.3) is 11.1 Å². The molecule has 0 spiro atoms. The van der Waals surface area contributed by atoms with Crippen molar-refractivity contribution in [2.75, 3.05) is 13.7 Å². The van der Waals surface area contributed by atoms with Gasteiger partial charge in [-0.1, -0.05) is 53.5 Å². The van der Waals surface area contributed by atoms with E-state index < -0.39 is 0 Å². The van der Waals surface area contributed by atoms with E-state index in [1.54, 1.807) is 24.9 Å². The molecular formula is C24H22Cl2O3S. The number of ketones is 1. The lowest BCUT2D eigenvalue weighted by molar-refractivity contribution is -0.118. The van der Waals surface area contributed by atoms with Gasteiger partial charge < -0.3 is 9.47 Å². The minimum absolute atomic E-state index is 0.0184. The number of halogens is 2. The van der Waals surface area contributed by atoms with E-state index in [0.717, 1.165) is 33.1 Å². The molecule has 0 N–H and O–H groups in total. The highest BCUT2D eigenvalue weighted by Crippen LogP contribution is 2.37. The summed E-state index contributed by atoms with van der Waals surface area (Å²) in [6.07, 6.45) is 0. The number of benzene rings is 3.